The first kappa shape index (κ1) is 8.41. The van der Waals surface area contributed by atoms with Crippen molar-refractivity contribution >= 4 is 15.9 Å². The van der Waals surface area contributed by atoms with Crippen molar-refractivity contribution in [2.45, 2.75) is 26.4 Å². The third kappa shape index (κ3) is 4.57. The summed E-state index contributed by atoms with van der Waals surface area (Å²) in [4.78, 5) is 0. The van der Waals surface area contributed by atoms with Crippen molar-refractivity contribution in [3.63, 3.8) is 0 Å². The Hall–Kier alpha value is 0.410. The standard InChI is InChI=1S/C6H12BrF/c1-5(2)3-6(8)4-7/h5-6H,3-4H2,1-2H3/t6-/m1/s1. The summed E-state index contributed by atoms with van der Waals surface area (Å²) in [5.74, 6) is 0.475. The molecule has 8 heavy (non-hydrogen) atoms. The van der Waals surface area contributed by atoms with Crippen LogP contribution in [0, 0.1) is 5.92 Å². The molecule has 0 unspecified atom stereocenters. The highest BCUT2D eigenvalue weighted by atomic mass is 79.9. The summed E-state index contributed by atoms with van der Waals surface area (Å²) in [5.41, 5.74) is 0. The van der Waals surface area contributed by atoms with Crippen LogP contribution in [0.15, 0.2) is 0 Å². The summed E-state index contributed by atoms with van der Waals surface area (Å²) in [6.07, 6.45) is 0.0145. The van der Waals surface area contributed by atoms with Gasteiger partial charge in [0.05, 0.1) is 0 Å². The number of alkyl halides is 2. The minimum atomic E-state index is -0.657. The van der Waals surface area contributed by atoms with Gasteiger partial charge in [-0.05, 0) is 12.3 Å². The van der Waals surface area contributed by atoms with E-state index in [1.54, 1.807) is 0 Å². The molecule has 50 valence electrons. The van der Waals surface area contributed by atoms with E-state index in [1.165, 1.54) is 0 Å². The van der Waals surface area contributed by atoms with Gasteiger partial charge in [0, 0.05) is 5.33 Å². The maximum atomic E-state index is 12.3. The zero-order valence-corrected chi connectivity index (χ0v) is 6.91. The third-order valence-corrected chi connectivity index (χ3v) is 1.60. The zero-order chi connectivity index (χ0) is 6.57. The average Bonchev–Trinajstić information content (AvgIpc) is 1.65. The topological polar surface area (TPSA) is 0 Å². The average molecular weight is 183 g/mol. The second-order valence-corrected chi connectivity index (χ2v) is 3.03. The van der Waals surface area contributed by atoms with Crippen LogP contribution < -0.4 is 0 Å². The molecule has 0 rings (SSSR count). The monoisotopic (exact) mass is 182 g/mol. The Balaban J connectivity index is 3.10. The minimum absolute atomic E-state index is 0.475. The molecule has 2 heteroatoms. The Kier molecular flexibility index (Phi) is 4.53. The maximum Gasteiger partial charge on any atom is 0.110 e. The van der Waals surface area contributed by atoms with Crippen LogP contribution in [-0.2, 0) is 0 Å². The second-order valence-electron chi connectivity index (χ2n) is 2.38. The largest absolute Gasteiger partial charge is 0.247 e. The molecule has 0 aliphatic carbocycles. The molecule has 0 aromatic heterocycles. The Bertz CT molecular complexity index is 54.5. The van der Waals surface area contributed by atoms with Crippen LogP contribution in [0.4, 0.5) is 4.39 Å². The van der Waals surface area contributed by atoms with Crippen molar-refractivity contribution in [3.8, 4) is 0 Å². The molecule has 0 saturated carbocycles. The number of hydrogen-bond acceptors (Lipinski definition) is 0. The van der Waals surface area contributed by atoms with Crippen LogP contribution in [0.5, 0.6) is 0 Å². The molecule has 0 aliphatic heterocycles. The van der Waals surface area contributed by atoms with Gasteiger partial charge in [-0.2, -0.15) is 0 Å². The molecule has 0 nitrogen and oxygen atoms in total. The molecular formula is C6H12BrF. The number of rotatable bonds is 3. The molecule has 0 fully saturated rings. The zero-order valence-electron chi connectivity index (χ0n) is 5.32. The molecule has 0 aliphatic rings. The van der Waals surface area contributed by atoms with Crippen molar-refractivity contribution < 1.29 is 4.39 Å². The Morgan fingerprint density at radius 1 is 1.50 bits per heavy atom. The number of halogens is 2. The van der Waals surface area contributed by atoms with E-state index in [4.69, 9.17) is 0 Å². The van der Waals surface area contributed by atoms with Gasteiger partial charge in [-0.15, -0.1) is 0 Å². The molecule has 0 saturated heterocycles. The SMILES string of the molecule is CC(C)C[C@@H](F)CBr. The van der Waals surface area contributed by atoms with E-state index in [0.717, 1.165) is 0 Å². The predicted octanol–water partition coefficient (Wildman–Crippen LogP) is 2.77. The van der Waals surface area contributed by atoms with Crippen molar-refractivity contribution in [3.05, 3.63) is 0 Å². The van der Waals surface area contributed by atoms with Gasteiger partial charge in [-0.1, -0.05) is 29.8 Å². The highest BCUT2D eigenvalue weighted by molar-refractivity contribution is 9.09. The van der Waals surface area contributed by atoms with E-state index in [1.807, 2.05) is 13.8 Å². The molecule has 1 atom stereocenters. The highest BCUT2D eigenvalue weighted by Crippen LogP contribution is 2.09. The van der Waals surface area contributed by atoms with Gasteiger partial charge in [-0.3, -0.25) is 0 Å². The van der Waals surface area contributed by atoms with Crippen LogP contribution in [0.2, 0.25) is 0 Å². The summed E-state index contributed by atoms with van der Waals surface area (Å²) >= 11 is 3.07. The van der Waals surface area contributed by atoms with Gasteiger partial charge in [-0.25, -0.2) is 4.39 Å². The summed E-state index contributed by atoms with van der Waals surface area (Å²) in [6, 6.07) is 0. The van der Waals surface area contributed by atoms with Gasteiger partial charge in [0.25, 0.3) is 0 Å². The second kappa shape index (κ2) is 4.30. The number of hydrogen-bond donors (Lipinski definition) is 0. The van der Waals surface area contributed by atoms with E-state index in [0.29, 0.717) is 17.7 Å². The summed E-state index contributed by atoms with van der Waals surface area (Å²) in [6.45, 7) is 4.05. The first-order valence-corrected chi connectivity index (χ1v) is 3.99. The van der Waals surface area contributed by atoms with Crippen molar-refractivity contribution in [2.75, 3.05) is 5.33 Å². The molecule has 0 spiro atoms. The molecule has 0 aromatic carbocycles. The Morgan fingerprint density at radius 3 is 2.12 bits per heavy atom. The fourth-order valence-electron chi connectivity index (χ4n) is 0.575. The molecule has 0 N–H and O–H groups in total. The quantitative estimate of drug-likeness (QED) is 0.590. The lowest BCUT2D eigenvalue weighted by atomic mass is 10.1. The summed E-state index contributed by atoms with van der Waals surface area (Å²) in [5, 5.41) is 0.477. The van der Waals surface area contributed by atoms with Crippen LogP contribution in [-0.4, -0.2) is 11.5 Å². The van der Waals surface area contributed by atoms with Gasteiger partial charge in [0.15, 0.2) is 0 Å². The third-order valence-electron chi connectivity index (χ3n) is 0.895. The summed E-state index contributed by atoms with van der Waals surface area (Å²) < 4.78 is 12.3. The van der Waals surface area contributed by atoms with Gasteiger partial charge < -0.3 is 0 Å². The van der Waals surface area contributed by atoms with E-state index < -0.39 is 6.17 Å². The molecule has 0 amide bonds. The smallest absolute Gasteiger partial charge is 0.110 e. The normalized spacial score (nSPS) is 14.6. The molecular weight excluding hydrogens is 171 g/mol. The fraction of sp³-hybridized carbons (Fsp3) is 1.00. The van der Waals surface area contributed by atoms with Crippen molar-refractivity contribution in [1.29, 1.82) is 0 Å². The molecule has 0 heterocycles. The fourth-order valence-corrected chi connectivity index (χ4v) is 0.839. The van der Waals surface area contributed by atoms with E-state index in [-0.39, 0.29) is 0 Å². The first-order valence-electron chi connectivity index (χ1n) is 2.86. The lowest BCUT2D eigenvalue weighted by Crippen LogP contribution is -2.04. The predicted molar refractivity (Wildman–Crippen MR) is 38.1 cm³/mol. The van der Waals surface area contributed by atoms with Crippen LogP contribution in [0.1, 0.15) is 20.3 Å². The lowest BCUT2D eigenvalue weighted by molar-refractivity contribution is 0.313. The van der Waals surface area contributed by atoms with Crippen molar-refractivity contribution in [1.82, 2.24) is 0 Å². The molecule has 0 aromatic rings. The van der Waals surface area contributed by atoms with Crippen LogP contribution in [0.3, 0.4) is 0 Å². The summed E-state index contributed by atoms with van der Waals surface area (Å²) in [7, 11) is 0. The van der Waals surface area contributed by atoms with Gasteiger partial charge in [0.1, 0.15) is 6.17 Å². The van der Waals surface area contributed by atoms with Crippen molar-refractivity contribution in [2.24, 2.45) is 5.92 Å². The molecule has 0 radical (unpaired) electrons. The maximum absolute atomic E-state index is 12.3. The Morgan fingerprint density at radius 2 is 2.00 bits per heavy atom. The van der Waals surface area contributed by atoms with Gasteiger partial charge >= 0.3 is 0 Å². The van der Waals surface area contributed by atoms with Crippen LogP contribution in [0.25, 0.3) is 0 Å². The minimum Gasteiger partial charge on any atom is -0.247 e. The lowest BCUT2D eigenvalue weighted by Gasteiger charge is -2.05. The van der Waals surface area contributed by atoms with E-state index >= 15 is 0 Å². The van der Waals surface area contributed by atoms with Crippen LogP contribution >= 0.6 is 15.9 Å². The first-order chi connectivity index (χ1) is 3.66. The molecule has 0 bridgehead atoms. The van der Waals surface area contributed by atoms with E-state index in [2.05, 4.69) is 15.9 Å². The highest BCUT2D eigenvalue weighted by Gasteiger charge is 2.05. The van der Waals surface area contributed by atoms with E-state index in [9.17, 15) is 4.39 Å². The van der Waals surface area contributed by atoms with Gasteiger partial charge in [0.2, 0.25) is 0 Å². The Labute approximate surface area is 58.6 Å².